The van der Waals surface area contributed by atoms with Gasteiger partial charge < -0.3 is 4.42 Å². The van der Waals surface area contributed by atoms with Gasteiger partial charge >= 0.3 is 5.63 Å². The van der Waals surface area contributed by atoms with Gasteiger partial charge in [-0.1, -0.05) is 30.3 Å². The second-order valence-corrected chi connectivity index (χ2v) is 7.85. The predicted molar refractivity (Wildman–Crippen MR) is 111 cm³/mol. The third-order valence-corrected chi connectivity index (χ3v) is 5.94. The van der Waals surface area contributed by atoms with Crippen molar-refractivity contribution in [1.29, 1.82) is 0 Å². The molecule has 0 spiro atoms. The smallest absolute Gasteiger partial charge is 0.349 e. The third kappa shape index (κ3) is 2.98. The molecule has 0 aliphatic heterocycles. The molecule has 3 aromatic heterocycles. The molecular weight excluding hydrogens is 394 g/mol. The number of hydrogen-bond acceptors (Lipinski definition) is 7. The van der Waals surface area contributed by atoms with E-state index in [1.54, 1.807) is 18.2 Å². The molecule has 136 valence electrons. The van der Waals surface area contributed by atoms with Crippen LogP contribution in [0.5, 0.6) is 0 Å². The van der Waals surface area contributed by atoms with Crippen LogP contribution in [0.15, 0.2) is 69.2 Å². The van der Waals surface area contributed by atoms with Crippen molar-refractivity contribution in [3.63, 3.8) is 0 Å². The molecule has 1 N–H and O–H groups in total. The third-order valence-electron chi connectivity index (χ3n) is 4.12. The first-order valence-corrected chi connectivity index (χ1v) is 10.0. The van der Waals surface area contributed by atoms with E-state index in [2.05, 4.69) is 15.3 Å². The Morgan fingerprint density at radius 1 is 1.04 bits per heavy atom. The van der Waals surface area contributed by atoms with E-state index in [-0.39, 0.29) is 5.56 Å². The van der Waals surface area contributed by atoms with Crippen LogP contribution in [-0.4, -0.2) is 15.9 Å². The highest BCUT2D eigenvalue weighted by Gasteiger charge is 2.16. The molecule has 5 aromatic rings. The summed E-state index contributed by atoms with van der Waals surface area (Å²) in [5, 5.41) is 6.36. The van der Waals surface area contributed by atoms with Gasteiger partial charge in [0.25, 0.3) is 5.91 Å². The summed E-state index contributed by atoms with van der Waals surface area (Å²) in [7, 11) is 0. The minimum Gasteiger partial charge on any atom is -0.422 e. The first kappa shape index (κ1) is 16.8. The van der Waals surface area contributed by atoms with E-state index in [4.69, 9.17) is 4.42 Å². The highest BCUT2D eigenvalue weighted by molar-refractivity contribution is 7.22. The summed E-state index contributed by atoms with van der Waals surface area (Å²) in [6.45, 7) is 0. The Labute approximate surface area is 166 Å². The lowest BCUT2D eigenvalue weighted by molar-refractivity contribution is 0.102. The average molecular weight is 405 g/mol. The van der Waals surface area contributed by atoms with Crippen molar-refractivity contribution in [2.45, 2.75) is 0 Å². The molecule has 0 aliphatic rings. The number of fused-ring (bicyclic) bond motifs is 2. The van der Waals surface area contributed by atoms with E-state index >= 15 is 0 Å². The van der Waals surface area contributed by atoms with E-state index < -0.39 is 11.5 Å². The number of anilines is 1. The zero-order valence-electron chi connectivity index (χ0n) is 14.2. The molecule has 0 fully saturated rings. The lowest BCUT2D eigenvalue weighted by Crippen LogP contribution is -2.20. The number of para-hydroxylation sites is 2. The Morgan fingerprint density at radius 2 is 1.86 bits per heavy atom. The number of nitrogens with one attached hydrogen (secondary N) is 1. The zero-order valence-corrected chi connectivity index (χ0v) is 15.8. The zero-order chi connectivity index (χ0) is 19.1. The van der Waals surface area contributed by atoms with Gasteiger partial charge in [0.15, 0.2) is 5.13 Å². The van der Waals surface area contributed by atoms with Gasteiger partial charge in [-0.3, -0.25) is 10.1 Å². The van der Waals surface area contributed by atoms with Crippen molar-refractivity contribution in [2.75, 3.05) is 5.32 Å². The van der Waals surface area contributed by atoms with Crippen LogP contribution in [-0.2, 0) is 0 Å². The van der Waals surface area contributed by atoms with Crippen molar-refractivity contribution in [1.82, 2.24) is 9.97 Å². The molecule has 6 nitrogen and oxygen atoms in total. The fourth-order valence-electron chi connectivity index (χ4n) is 2.80. The van der Waals surface area contributed by atoms with Gasteiger partial charge in [0, 0.05) is 10.8 Å². The maximum atomic E-state index is 12.5. The number of carbonyl (C=O) groups excluding carboxylic acids is 1. The fourth-order valence-corrected chi connectivity index (χ4v) is 4.49. The quantitative estimate of drug-likeness (QED) is 0.437. The van der Waals surface area contributed by atoms with E-state index in [1.807, 2.05) is 35.7 Å². The first-order chi connectivity index (χ1) is 13.7. The standard InChI is InChI=1S/C20H11N3O3S2/c24-17(12-9-11-5-1-3-7-15(11)26-19(12)25)23-20-22-14(10-27-20)18-21-13-6-2-4-8-16(13)28-18/h1-10H,(H,22,23,24). The number of rotatable bonds is 3. The first-order valence-electron chi connectivity index (χ1n) is 8.33. The molecule has 0 unspecified atom stereocenters. The van der Waals surface area contributed by atoms with Gasteiger partial charge in [-0.05, 0) is 24.3 Å². The summed E-state index contributed by atoms with van der Waals surface area (Å²) in [5.74, 6) is -0.551. The van der Waals surface area contributed by atoms with Crippen LogP contribution in [0, 0.1) is 0 Å². The van der Waals surface area contributed by atoms with Crippen molar-refractivity contribution in [3.8, 4) is 10.7 Å². The second-order valence-electron chi connectivity index (χ2n) is 5.96. The van der Waals surface area contributed by atoms with Gasteiger partial charge in [0.1, 0.15) is 21.8 Å². The number of hydrogen-bond donors (Lipinski definition) is 1. The van der Waals surface area contributed by atoms with Crippen LogP contribution < -0.4 is 10.9 Å². The summed E-state index contributed by atoms with van der Waals surface area (Å²) >= 11 is 2.82. The molecule has 0 radical (unpaired) electrons. The summed E-state index contributed by atoms with van der Waals surface area (Å²) in [6, 6.07) is 16.4. The minimum atomic E-state index is -0.681. The molecule has 0 atom stereocenters. The lowest BCUT2D eigenvalue weighted by atomic mass is 10.2. The van der Waals surface area contributed by atoms with Gasteiger partial charge in [0.2, 0.25) is 0 Å². The number of thiazole rings is 2. The van der Waals surface area contributed by atoms with Crippen molar-refractivity contribution in [3.05, 3.63) is 76.0 Å². The van der Waals surface area contributed by atoms with Gasteiger partial charge in [-0.2, -0.15) is 0 Å². The van der Waals surface area contributed by atoms with E-state index in [9.17, 15) is 9.59 Å². The molecule has 8 heteroatoms. The molecule has 3 heterocycles. The van der Waals surface area contributed by atoms with Crippen LogP contribution in [0.1, 0.15) is 10.4 Å². The Balaban J connectivity index is 1.43. The topological polar surface area (TPSA) is 85.1 Å². The van der Waals surface area contributed by atoms with Gasteiger partial charge in [-0.15, -0.1) is 22.7 Å². The van der Waals surface area contributed by atoms with Gasteiger partial charge in [-0.25, -0.2) is 14.8 Å². The summed E-state index contributed by atoms with van der Waals surface area (Å²) in [4.78, 5) is 33.7. The van der Waals surface area contributed by atoms with Crippen molar-refractivity contribution in [2.24, 2.45) is 0 Å². The normalized spacial score (nSPS) is 11.1. The van der Waals surface area contributed by atoms with Crippen LogP contribution in [0.3, 0.4) is 0 Å². The fraction of sp³-hybridized carbons (Fsp3) is 0. The Bertz CT molecular complexity index is 1370. The van der Waals surface area contributed by atoms with Crippen LogP contribution in [0.2, 0.25) is 0 Å². The van der Waals surface area contributed by atoms with Gasteiger partial charge in [0.05, 0.1) is 10.2 Å². The summed E-state index contributed by atoms with van der Waals surface area (Å²) in [6.07, 6.45) is 0. The van der Waals surface area contributed by atoms with E-state index in [1.165, 1.54) is 28.7 Å². The number of amides is 1. The number of aromatic nitrogens is 2. The SMILES string of the molecule is O=C(Nc1nc(-c2nc3ccccc3s2)cs1)c1cc2ccccc2oc1=O. The molecule has 5 rings (SSSR count). The van der Waals surface area contributed by atoms with Crippen LogP contribution in [0.4, 0.5) is 5.13 Å². The summed E-state index contributed by atoms with van der Waals surface area (Å²) < 4.78 is 6.29. The molecule has 0 saturated heterocycles. The molecule has 0 saturated carbocycles. The van der Waals surface area contributed by atoms with Crippen LogP contribution >= 0.6 is 22.7 Å². The largest absolute Gasteiger partial charge is 0.422 e. The monoisotopic (exact) mass is 405 g/mol. The number of benzene rings is 2. The Hall–Kier alpha value is -3.36. The highest BCUT2D eigenvalue weighted by atomic mass is 32.1. The average Bonchev–Trinajstić information content (AvgIpc) is 3.34. The van der Waals surface area contributed by atoms with Crippen molar-refractivity contribution >= 4 is 54.9 Å². The number of carbonyl (C=O) groups is 1. The molecule has 1 amide bonds. The summed E-state index contributed by atoms with van der Waals surface area (Å²) in [5.41, 5.74) is 1.30. The molecule has 28 heavy (non-hydrogen) atoms. The van der Waals surface area contributed by atoms with E-state index in [0.29, 0.717) is 21.8 Å². The maximum absolute atomic E-state index is 12.5. The maximum Gasteiger partial charge on any atom is 0.349 e. The van der Waals surface area contributed by atoms with Crippen LogP contribution in [0.25, 0.3) is 31.9 Å². The Morgan fingerprint density at radius 3 is 2.75 bits per heavy atom. The highest BCUT2D eigenvalue weighted by Crippen LogP contribution is 2.32. The number of nitrogens with zero attached hydrogens (tertiary/aromatic N) is 2. The molecule has 0 aliphatic carbocycles. The minimum absolute atomic E-state index is 0.0598. The Kier molecular flexibility index (Phi) is 4.00. The predicted octanol–water partition coefficient (Wildman–Crippen LogP) is 4.78. The molecule has 2 aromatic carbocycles. The molecule has 0 bridgehead atoms. The molecular formula is C20H11N3O3S2. The second kappa shape index (κ2) is 6.66. The van der Waals surface area contributed by atoms with E-state index in [0.717, 1.165) is 15.2 Å². The van der Waals surface area contributed by atoms with Crippen molar-refractivity contribution < 1.29 is 9.21 Å². The lowest BCUT2D eigenvalue weighted by Gasteiger charge is -2.02.